The van der Waals surface area contributed by atoms with Gasteiger partial charge >= 0.3 is 0 Å². The average molecular weight is 414 g/mol. The Labute approximate surface area is 185 Å². The van der Waals surface area contributed by atoms with Gasteiger partial charge in [-0.2, -0.15) is 0 Å². The molecule has 160 valence electrons. The van der Waals surface area contributed by atoms with E-state index in [1.54, 1.807) is 0 Å². The molecule has 1 atom stereocenters. The number of rotatable bonds is 2. The molecule has 0 amide bonds. The standard InChI is InChI=1S/C28H31NO2/c1-26(2,3)21-17-28(18-22(25(21)30)27(4,5)6)23(19-13-9-7-10-14-19)24(29-31-28)20-15-11-8-12-16-20/h7-18,23H,1-6H3. The molecule has 0 N–H and O–H groups in total. The second kappa shape index (κ2) is 7.33. The van der Waals surface area contributed by atoms with Gasteiger partial charge in [0.2, 0.25) is 0 Å². The maximum absolute atomic E-state index is 13.5. The maximum Gasteiger partial charge on any atom is 0.187 e. The molecule has 2 aliphatic rings. The Morgan fingerprint density at radius 3 is 1.74 bits per heavy atom. The molecule has 31 heavy (non-hydrogen) atoms. The lowest BCUT2D eigenvalue weighted by atomic mass is 9.65. The monoisotopic (exact) mass is 413 g/mol. The van der Waals surface area contributed by atoms with Crippen molar-refractivity contribution in [1.82, 2.24) is 0 Å². The van der Waals surface area contributed by atoms with Crippen molar-refractivity contribution < 1.29 is 9.63 Å². The number of oxime groups is 1. The van der Waals surface area contributed by atoms with Gasteiger partial charge < -0.3 is 4.84 Å². The van der Waals surface area contributed by atoms with E-state index >= 15 is 0 Å². The van der Waals surface area contributed by atoms with Gasteiger partial charge in [0.25, 0.3) is 0 Å². The molecule has 0 fully saturated rings. The summed E-state index contributed by atoms with van der Waals surface area (Å²) in [7, 11) is 0. The minimum atomic E-state index is -0.842. The summed E-state index contributed by atoms with van der Waals surface area (Å²) in [6.45, 7) is 12.5. The molecule has 0 radical (unpaired) electrons. The summed E-state index contributed by atoms with van der Waals surface area (Å²) >= 11 is 0. The van der Waals surface area contributed by atoms with Crippen molar-refractivity contribution in [3.05, 3.63) is 95.1 Å². The zero-order chi connectivity index (χ0) is 22.4. The van der Waals surface area contributed by atoms with Gasteiger partial charge in [0, 0.05) is 16.7 Å². The van der Waals surface area contributed by atoms with Gasteiger partial charge in [0.1, 0.15) is 0 Å². The second-order valence-corrected chi connectivity index (χ2v) is 10.6. The number of allylic oxidation sites excluding steroid dienone is 2. The quantitative estimate of drug-likeness (QED) is 0.566. The number of hydrogen-bond acceptors (Lipinski definition) is 3. The molecule has 4 rings (SSSR count). The fourth-order valence-electron chi connectivity index (χ4n) is 4.44. The molecule has 3 nitrogen and oxygen atoms in total. The Hall–Kier alpha value is -2.94. The summed E-state index contributed by atoms with van der Waals surface area (Å²) in [5.74, 6) is -0.0481. The normalized spacial score (nSPS) is 20.8. The van der Waals surface area contributed by atoms with E-state index in [1.165, 1.54) is 0 Å². The third kappa shape index (κ3) is 3.78. The predicted molar refractivity (Wildman–Crippen MR) is 126 cm³/mol. The number of carbonyl (C=O) groups excluding carboxylic acids is 1. The van der Waals surface area contributed by atoms with E-state index in [2.05, 4.69) is 71.0 Å². The van der Waals surface area contributed by atoms with Gasteiger partial charge in [-0.1, -0.05) is 107 Å². The first-order valence-corrected chi connectivity index (χ1v) is 10.9. The predicted octanol–water partition coefficient (Wildman–Crippen LogP) is 6.47. The molecule has 1 unspecified atom stereocenters. The van der Waals surface area contributed by atoms with Crippen LogP contribution in [0, 0.1) is 10.8 Å². The first-order valence-electron chi connectivity index (χ1n) is 10.9. The zero-order valence-electron chi connectivity index (χ0n) is 19.3. The van der Waals surface area contributed by atoms with Crippen molar-refractivity contribution in [2.24, 2.45) is 16.0 Å². The van der Waals surface area contributed by atoms with E-state index < -0.39 is 5.60 Å². The highest BCUT2D eigenvalue weighted by Gasteiger charge is 2.52. The van der Waals surface area contributed by atoms with Crippen LogP contribution < -0.4 is 0 Å². The molecule has 2 aromatic rings. The number of hydrogen-bond donors (Lipinski definition) is 0. The molecule has 0 saturated carbocycles. The molecule has 1 heterocycles. The van der Waals surface area contributed by atoms with E-state index in [0.717, 1.165) is 28.0 Å². The van der Waals surface area contributed by atoms with Crippen LogP contribution in [0.4, 0.5) is 0 Å². The molecule has 1 aliphatic heterocycles. The van der Waals surface area contributed by atoms with Gasteiger partial charge in [-0.15, -0.1) is 0 Å². The largest absolute Gasteiger partial charge is 0.379 e. The topological polar surface area (TPSA) is 38.7 Å². The fourth-order valence-corrected chi connectivity index (χ4v) is 4.44. The van der Waals surface area contributed by atoms with Crippen LogP contribution in [0.15, 0.2) is 89.1 Å². The Kier molecular flexibility index (Phi) is 5.04. The minimum Gasteiger partial charge on any atom is -0.379 e. The van der Waals surface area contributed by atoms with Crippen molar-refractivity contribution >= 4 is 11.5 Å². The lowest BCUT2D eigenvalue weighted by Gasteiger charge is -2.38. The number of Topliss-reactive ketones (excluding diaryl/α,β-unsaturated/α-hetero) is 1. The highest BCUT2D eigenvalue weighted by Crippen LogP contribution is 2.49. The summed E-state index contributed by atoms with van der Waals surface area (Å²) in [5, 5.41) is 4.61. The van der Waals surface area contributed by atoms with Gasteiger partial charge in [-0.3, -0.25) is 4.79 Å². The van der Waals surface area contributed by atoms with Crippen LogP contribution in [0.2, 0.25) is 0 Å². The van der Waals surface area contributed by atoms with Crippen LogP contribution in [0.3, 0.4) is 0 Å². The van der Waals surface area contributed by atoms with E-state index in [9.17, 15) is 4.79 Å². The average Bonchev–Trinajstić information content (AvgIpc) is 3.08. The molecule has 0 saturated heterocycles. The van der Waals surface area contributed by atoms with Crippen LogP contribution in [-0.2, 0) is 9.63 Å². The van der Waals surface area contributed by atoms with Crippen LogP contribution in [0.1, 0.15) is 58.6 Å². The molecule has 1 spiro atoms. The number of ketones is 1. The first kappa shape index (κ1) is 21.3. The van der Waals surface area contributed by atoms with E-state index in [-0.39, 0.29) is 22.5 Å². The molecule has 0 aromatic heterocycles. The van der Waals surface area contributed by atoms with Gasteiger partial charge in [-0.05, 0) is 28.5 Å². The van der Waals surface area contributed by atoms with Gasteiger partial charge in [-0.25, -0.2) is 0 Å². The Morgan fingerprint density at radius 2 is 1.26 bits per heavy atom. The van der Waals surface area contributed by atoms with Crippen molar-refractivity contribution in [1.29, 1.82) is 0 Å². The fraction of sp³-hybridized carbons (Fsp3) is 0.357. The van der Waals surface area contributed by atoms with E-state index in [0.29, 0.717) is 0 Å². The zero-order valence-corrected chi connectivity index (χ0v) is 19.3. The highest BCUT2D eigenvalue weighted by atomic mass is 16.7. The Morgan fingerprint density at radius 1 is 0.774 bits per heavy atom. The SMILES string of the molecule is CC(C)(C)C1=CC2(C=C(C(C)(C)C)C1=O)ON=C(c1ccccc1)C2c1ccccc1. The smallest absolute Gasteiger partial charge is 0.187 e. The van der Waals surface area contributed by atoms with Crippen LogP contribution in [0.25, 0.3) is 0 Å². The molecule has 1 aliphatic carbocycles. The van der Waals surface area contributed by atoms with Crippen molar-refractivity contribution in [2.45, 2.75) is 53.1 Å². The summed E-state index contributed by atoms with van der Waals surface area (Å²) in [4.78, 5) is 19.8. The van der Waals surface area contributed by atoms with Crippen LogP contribution in [-0.4, -0.2) is 17.1 Å². The summed E-state index contributed by atoms with van der Waals surface area (Å²) in [6, 6.07) is 20.5. The van der Waals surface area contributed by atoms with Crippen molar-refractivity contribution in [2.75, 3.05) is 0 Å². The van der Waals surface area contributed by atoms with Gasteiger partial charge in [0.05, 0.1) is 11.6 Å². The number of benzene rings is 2. The molecular formula is C28H31NO2. The minimum absolute atomic E-state index is 0.106. The van der Waals surface area contributed by atoms with Crippen molar-refractivity contribution in [3.63, 3.8) is 0 Å². The third-order valence-corrected chi connectivity index (χ3v) is 6.07. The van der Waals surface area contributed by atoms with Crippen molar-refractivity contribution in [3.8, 4) is 0 Å². The number of nitrogens with zero attached hydrogens (tertiary/aromatic N) is 1. The summed E-state index contributed by atoms with van der Waals surface area (Å²) in [6.07, 6.45) is 4.06. The highest BCUT2D eigenvalue weighted by molar-refractivity contribution is 6.13. The molecule has 3 heteroatoms. The lowest BCUT2D eigenvalue weighted by Crippen LogP contribution is -2.41. The Bertz CT molecular complexity index is 1040. The third-order valence-electron chi connectivity index (χ3n) is 6.07. The molecule has 0 bridgehead atoms. The van der Waals surface area contributed by atoms with Gasteiger partial charge in [0.15, 0.2) is 11.4 Å². The summed E-state index contributed by atoms with van der Waals surface area (Å²) in [5.41, 5.74) is 3.13. The van der Waals surface area contributed by atoms with E-state index in [1.807, 2.05) is 48.6 Å². The van der Waals surface area contributed by atoms with Crippen LogP contribution in [0.5, 0.6) is 0 Å². The van der Waals surface area contributed by atoms with E-state index in [4.69, 9.17) is 4.84 Å². The number of carbonyl (C=O) groups is 1. The Balaban J connectivity index is 1.97. The molecular weight excluding hydrogens is 382 g/mol. The second-order valence-electron chi connectivity index (χ2n) is 10.6. The first-order chi connectivity index (χ1) is 14.5. The maximum atomic E-state index is 13.5. The lowest BCUT2D eigenvalue weighted by molar-refractivity contribution is -0.114. The van der Waals surface area contributed by atoms with Crippen LogP contribution >= 0.6 is 0 Å². The summed E-state index contributed by atoms with van der Waals surface area (Å²) < 4.78 is 0. The molecule has 2 aromatic carbocycles.